The summed E-state index contributed by atoms with van der Waals surface area (Å²) in [5, 5.41) is 4.50. The molecule has 0 fully saturated rings. The van der Waals surface area contributed by atoms with Gasteiger partial charge in [0.2, 0.25) is 0 Å². The summed E-state index contributed by atoms with van der Waals surface area (Å²) in [4.78, 5) is 0. The van der Waals surface area contributed by atoms with Crippen LogP contribution >= 0.6 is 11.6 Å². The zero-order chi connectivity index (χ0) is 14.8. The molecule has 0 saturated carbocycles. The molecule has 21 heavy (non-hydrogen) atoms. The number of nitrogens with one attached hydrogen (secondary N) is 1. The molecule has 0 saturated heterocycles. The zero-order valence-corrected chi connectivity index (χ0v) is 13.2. The number of rotatable bonds is 4. The van der Waals surface area contributed by atoms with E-state index in [9.17, 15) is 0 Å². The summed E-state index contributed by atoms with van der Waals surface area (Å²) in [6.45, 7) is 2.20. The lowest BCUT2D eigenvalue weighted by Crippen LogP contribution is -2.23. The van der Waals surface area contributed by atoms with Crippen molar-refractivity contribution in [2.24, 2.45) is 0 Å². The lowest BCUT2D eigenvalue weighted by atomic mass is 10.0. The summed E-state index contributed by atoms with van der Waals surface area (Å²) in [7, 11) is 1.72. The second kappa shape index (κ2) is 6.08. The highest BCUT2D eigenvalue weighted by molar-refractivity contribution is 6.30. The second-order valence-electron chi connectivity index (χ2n) is 5.60. The van der Waals surface area contributed by atoms with Crippen LogP contribution in [0.5, 0.6) is 5.75 Å². The van der Waals surface area contributed by atoms with Crippen molar-refractivity contribution in [2.45, 2.75) is 31.8 Å². The molecule has 0 radical (unpaired) electrons. The molecule has 0 spiro atoms. The molecule has 0 aromatic heterocycles. The Morgan fingerprint density at radius 2 is 1.95 bits per heavy atom. The monoisotopic (exact) mass is 301 g/mol. The molecule has 0 bridgehead atoms. The topological polar surface area (TPSA) is 21.3 Å². The van der Waals surface area contributed by atoms with Gasteiger partial charge in [-0.2, -0.15) is 0 Å². The Hall–Kier alpha value is -1.51. The van der Waals surface area contributed by atoms with Gasteiger partial charge in [0.15, 0.2) is 0 Å². The third-order valence-corrected chi connectivity index (χ3v) is 4.50. The lowest BCUT2D eigenvalue weighted by Gasteiger charge is -2.21. The van der Waals surface area contributed by atoms with Crippen molar-refractivity contribution in [3.05, 3.63) is 64.2 Å². The van der Waals surface area contributed by atoms with E-state index in [2.05, 4.69) is 36.5 Å². The Bertz CT molecular complexity index is 624. The summed E-state index contributed by atoms with van der Waals surface area (Å²) >= 11 is 5.95. The predicted molar refractivity (Wildman–Crippen MR) is 87.1 cm³/mol. The van der Waals surface area contributed by atoms with E-state index in [1.54, 1.807) is 7.11 Å². The fourth-order valence-corrected chi connectivity index (χ4v) is 3.16. The summed E-state index contributed by atoms with van der Waals surface area (Å²) in [5.74, 6) is 0.932. The van der Waals surface area contributed by atoms with Crippen LogP contribution in [0, 0.1) is 0 Å². The third kappa shape index (κ3) is 3.07. The maximum absolute atomic E-state index is 5.95. The van der Waals surface area contributed by atoms with Crippen LogP contribution in [0.3, 0.4) is 0 Å². The van der Waals surface area contributed by atoms with Gasteiger partial charge in [-0.25, -0.2) is 0 Å². The molecular weight excluding hydrogens is 282 g/mol. The Morgan fingerprint density at radius 1 is 1.19 bits per heavy atom. The molecule has 0 aliphatic heterocycles. The fourth-order valence-electron chi connectivity index (χ4n) is 3.03. The summed E-state index contributed by atoms with van der Waals surface area (Å²) < 4.78 is 5.35. The molecule has 3 heteroatoms. The van der Waals surface area contributed by atoms with Crippen molar-refractivity contribution in [1.82, 2.24) is 5.32 Å². The first-order valence-electron chi connectivity index (χ1n) is 7.35. The molecule has 0 heterocycles. The predicted octanol–water partition coefficient (Wildman–Crippen LogP) is 4.69. The Morgan fingerprint density at radius 3 is 2.67 bits per heavy atom. The second-order valence-corrected chi connectivity index (χ2v) is 6.03. The Balaban J connectivity index is 1.76. The van der Waals surface area contributed by atoms with Crippen molar-refractivity contribution in [3.63, 3.8) is 0 Å². The maximum atomic E-state index is 5.95. The van der Waals surface area contributed by atoms with Gasteiger partial charge in [0.05, 0.1) is 7.11 Å². The molecule has 0 amide bonds. The van der Waals surface area contributed by atoms with Gasteiger partial charge in [0.25, 0.3) is 0 Å². The quantitative estimate of drug-likeness (QED) is 0.885. The lowest BCUT2D eigenvalue weighted by molar-refractivity contribution is 0.412. The van der Waals surface area contributed by atoms with Gasteiger partial charge in [-0.05, 0) is 60.7 Å². The Kier molecular flexibility index (Phi) is 4.18. The number of hydrogen-bond donors (Lipinski definition) is 1. The van der Waals surface area contributed by atoms with Crippen LogP contribution in [0.4, 0.5) is 0 Å². The van der Waals surface area contributed by atoms with E-state index in [-0.39, 0.29) is 0 Å². The largest absolute Gasteiger partial charge is 0.497 e. The molecule has 110 valence electrons. The number of methoxy groups -OCH3 is 1. The first-order valence-corrected chi connectivity index (χ1v) is 7.73. The molecule has 2 aromatic carbocycles. The van der Waals surface area contributed by atoms with Gasteiger partial charge < -0.3 is 10.1 Å². The van der Waals surface area contributed by atoms with Crippen LogP contribution in [0.15, 0.2) is 42.5 Å². The highest BCUT2D eigenvalue weighted by atomic mass is 35.5. The maximum Gasteiger partial charge on any atom is 0.119 e. The van der Waals surface area contributed by atoms with E-state index >= 15 is 0 Å². The molecule has 1 unspecified atom stereocenters. The van der Waals surface area contributed by atoms with Crippen molar-refractivity contribution >= 4 is 11.6 Å². The summed E-state index contributed by atoms with van der Waals surface area (Å²) in [6.07, 6.45) is 2.27. The van der Waals surface area contributed by atoms with Gasteiger partial charge in [0.1, 0.15) is 5.75 Å². The van der Waals surface area contributed by atoms with E-state index < -0.39 is 0 Å². The van der Waals surface area contributed by atoms with Crippen molar-refractivity contribution in [1.29, 1.82) is 0 Å². The number of benzene rings is 2. The minimum absolute atomic E-state index is 0.296. The number of ether oxygens (including phenoxy) is 1. The van der Waals surface area contributed by atoms with Gasteiger partial charge >= 0.3 is 0 Å². The van der Waals surface area contributed by atoms with E-state index in [0.29, 0.717) is 12.1 Å². The minimum Gasteiger partial charge on any atom is -0.497 e. The highest BCUT2D eigenvalue weighted by Crippen LogP contribution is 2.35. The molecular formula is C18H20ClNO. The third-order valence-electron chi connectivity index (χ3n) is 4.25. The molecule has 2 atom stereocenters. The molecule has 3 rings (SSSR count). The van der Waals surface area contributed by atoms with Crippen molar-refractivity contribution in [2.75, 3.05) is 7.11 Å². The minimum atomic E-state index is 0.296. The normalized spacial score (nSPS) is 18.3. The molecule has 1 aliphatic carbocycles. The standard InChI is InChI=1S/C18H20ClNO/c1-12(13-3-7-15(19)8-4-13)20-18-10-6-14-5-9-16(21-2)11-17(14)18/h3-5,7-9,11-12,18,20H,6,10H2,1-2H3/t12-,18?/m0/s1. The van der Waals surface area contributed by atoms with Crippen molar-refractivity contribution in [3.8, 4) is 5.75 Å². The number of hydrogen-bond acceptors (Lipinski definition) is 2. The van der Waals surface area contributed by atoms with Crippen LogP contribution in [0.1, 0.15) is 42.1 Å². The molecule has 1 N–H and O–H groups in total. The van der Waals surface area contributed by atoms with Gasteiger partial charge in [-0.3, -0.25) is 0 Å². The first kappa shape index (κ1) is 14.4. The average Bonchev–Trinajstić information content (AvgIpc) is 2.90. The highest BCUT2D eigenvalue weighted by Gasteiger charge is 2.24. The van der Waals surface area contributed by atoms with Crippen LogP contribution in [0.2, 0.25) is 5.02 Å². The number of halogens is 1. The van der Waals surface area contributed by atoms with Crippen LogP contribution < -0.4 is 10.1 Å². The molecule has 2 aromatic rings. The Labute approximate surface area is 131 Å². The summed E-state index contributed by atoms with van der Waals surface area (Å²) in [5.41, 5.74) is 4.06. The first-order chi connectivity index (χ1) is 10.2. The van der Waals surface area contributed by atoms with Crippen LogP contribution in [-0.2, 0) is 6.42 Å². The van der Waals surface area contributed by atoms with Crippen molar-refractivity contribution < 1.29 is 4.74 Å². The van der Waals surface area contributed by atoms with Gasteiger partial charge in [0, 0.05) is 17.1 Å². The smallest absolute Gasteiger partial charge is 0.119 e. The van der Waals surface area contributed by atoms with Crippen LogP contribution in [-0.4, -0.2) is 7.11 Å². The molecule has 1 aliphatic rings. The van der Waals surface area contributed by atoms with E-state index in [1.165, 1.54) is 16.7 Å². The number of aryl methyl sites for hydroxylation is 1. The average molecular weight is 302 g/mol. The van der Waals surface area contributed by atoms with E-state index in [0.717, 1.165) is 23.6 Å². The SMILES string of the molecule is COc1ccc2c(c1)C(N[C@@H](C)c1ccc(Cl)cc1)CC2. The fraction of sp³-hybridized carbons (Fsp3) is 0.333. The van der Waals surface area contributed by atoms with Gasteiger partial charge in [-0.15, -0.1) is 0 Å². The zero-order valence-electron chi connectivity index (χ0n) is 12.4. The van der Waals surface area contributed by atoms with Gasteiger partial charge in [-0.1, -0.05) is 29.8 Å². The van der Waals surface area contributed by atoms with E-state index in [4.69, 9.17) is 16.3 Å². The van der Waals surface area contributed by atoms with E-state index in [1.807, 2.05) is 18.2 Å². The number of fused-ring (bicyclic) bond motifs is 1. The van der Waals surface area contributed by atoms with Crippen LogP contribution in [0.25, 0.3) is 0 Å². The summed E-state index contributed by atoms with van der Waals surface area (Å²) in [6, 6.07) is 15.1. The molecule has 2 nitrogen and oxygen atoms in total.